The third-order valence-electron chi connectivity index (χ3n) is 4.98. The summed E-state index contributed by atoms with van der Waals surface area (Å²) in [5, 5.41) is 7.85. The van der Waals surface area contributed by atoms with Crippen LogP contribution in [0.25, 0.3) is 11.5 Å². The number of aromatic nitrogens is 6. The summed E-state index contributed by atoms with van der Waals surface area (Å²) in [5.74, 6) is 1.89. The lowest BCUT2D eigenvalue weighted by molar-refractivity contribution is 0.0948. The molecule has 0 amide bonds. The van der Waals surface area contributed by atoms with Gasteiger partial charge < -0.3 is 14.0 Å². The summed E-state index contributed by atoms with van der Waals surface area (Å²) in [4.78, 5) is 12.7. The molecule has 0 N–H and O–H groups in total. The van der Waals surface area contributed by atoms with E-state index in [1.807, 2.05) is 6.26 Å². The summed E-state index contributed by atoms with van der Waals surface area (Å²) in [6, 6.07) is 5.30. The first-order valence-corrected chi connectivity index (χ1v) is 13.4. The van der Waals surface area contributed by atoms with Crippen molar-refractivity contribution in [3.63, 3.8) is 0 Å². The maximum Gasteiger partial charge on any atom is 0.213 e. The lowest BCUT2D eigenvalue weighted by Crippen LogP contribution is -2.30. The van der Waals surface area contributed by atoms with Crippen molar-refractivity contribution in [2.75, 3.05) is 26.2 Å². The number of halogens is 1. The predicted octanol–water partition coefficient (Wildman–Crippen LogP) is 2.85. The van der Waals surface area contributed by atoms with Gasteiger partial charge in [0.15, 0.2) is 21.5 Å². The lowest BCUT2D eigenvalue weighted by Gasteiger charge is -2.21. The molecule has 2 atom stereocenters. The average Bonchev–Trinajstić information content (AvgIpc) is 3.20. The van der Waals surface area contributed by atoms with Crippen LogP contribution in [0.1, 0.15) is 24.7 Å². The van der Waals surface area contributed by atoms with E-state index in [0.29, 0.717) is 34.8 Å². The Hall–Kier alpha value is -2.28. The first kappa shape index (κ1) is 25.3. The standard InChI is InChI=1S/C20H25ClN6O4S2/c1-13(18(31-3)19-22-10-14(21)11-23-19)33(28,29)12-16-25-26-20(27(16)8-9-32-4)15-6-5-7-17(24-15)30-2/h5-7,10-11,13,18H,8-9,12H2,1-4H3/t13-,18-/m0/s1. The molecule has 0 fully saturated rings. The smallest absolute Gasteiger partial charge is 0.213 e. The molecular weight excluding hydrogens is 488 g/mol. The highest BCUT2D eigenvalue weighted by atomic mass is 35.5. The first-order chi connectivity index (χ1) is 15.8. The van der Waals surface area contributed by atoms with Gasteiger partial charge in [-0.05, 0) is 19.2 Å². The topological polar surface area (TPSA) is 122 Å². The molecule has 0 aliphatic rings. The number of nitrogens with zero attached hydrogens (tertiary/aromatic N) is 6. The van der Waals surface area contributed by atoms with Crippen LogP contribution in [-0.4, -0.2) is 69.6 Å². The van der Waals surface area contributed by atoms with Crippen molar-refractivity contribution in [3.8, 4) is 17.4 Å². The van der Waals surface area contributed by atoms with Crippen LogP contribution < -0.4 is 4.74 Å². The summed E-state index contributed by atoms with van der Waals surface area (Å²) in [7, 11) is -0.778. The Morgan fingerprint density at radius 1 is 1.18 bits per heavy atom. The van der Waals surface area contributed by atoms with Crippen LogP contribution in [0.5, 0.6) is 5.88 Å². The first-order valence-electron chi connectivity index (χ1n) is 9.95. The van der Waals surface area contributed by atoms with Gasteiger partial charge in [-0.2, -0.15) is 11.8 Å². The van der Waals surface area contributed by atoms with Gasteiger partial charge in [-0.3, -0.25) is 0 Å². The SMILES string of the molecule is COc1cccc(-c2nnc(CS(=O)(=O)[C@@H](C)[C@H](OC)c3ncc(Cl)cn3)n2CCSC)n1. The van der Waals surface area contributed by atoms with Gasteiger partial charge >= 0.3 is 0 Å². The van der Waals surface area contributed by atoms with Crippen LogP contribution in [0.4, 0.5) is 0 Å². The van der Waals surface area contributed by atoms with Crippen molar-refractivity contribution < 1.29 is 17.9 Å². The number of sulfone groups is 1. The van der Waals surface area contributed by atoms with Gasteiger partial charge in [0.25, 0.3) is 0 Å². The Labute approximate surface area is 202 Å². The summed E-state index contributed by atoms with van der Waals surface area (Å²) >= 11 is 7.48. The van der Waals surface area contributed by atoms with Crippen LogP contribution in [0, 0.1) is 0 Å². The molecule has 3 heterocycles. The third kappa shape index (κ3) is 5.99. The molecule has 178 valence electrons. The molecule has 0 aromatic carbocycles. The van der Waals surface area contributed by atoms with E-state index in [1.165, 1.54) is 26.6 Å². The summed E-state index contributed by atoms with van der Waals surface area (Å²) in [6.07, 6.45) is 3.92. The van der Waals surface area contributed by atoms with Crippen molar-refractivity contribution in [1.29, 1.82) is 0 Å². The molecule has 0 radical (unpaired) electrons. The summed E-state index contributed by atoms with van der Waals surface area (Å²) < 4.78 is 39.1. The Morgan fingerprint density at radius 3 is 2.55 bits per heavy atom. The van der Waals surface area contributed by atoms with Gasteiger partial charge in [-0.1, -0.05) is 17.7 Å². The molecule has 3 aromatic rings. The van der Waals surface area contributed by atoms with Crippen LogP contribution >= 0.6 is 23.4 Å². The van der Waals surface area contributed by atoms with Crippen molar-refractivity contribution in [1.82, 2.24) is 29.7 Å². The van der Waals surface area contributed by atoms with Gasteiger partial charge in [0.2, 0.25) is 5.88 Å². The molecule has 0 unspecified atom stereocenters. The maximum atomic E-state index is 13.3. The zero-order valence-corrected chi connectivity index (χ0v) is 21.1. The van der Waals surface area contributed by atoms with E-state index in [2.05, 4.69) is 25.1 Å². The number of hydrogen-bond acceptors (Lipinski definition) is 10. The van der Waals surface area contributed by atoms with E-state index in [-0.39, 0.29) is 11.6 Å². The molecule has 0 spiro atoms. The van der Waals surface area contributed by atoms with Crippen LogP contribution in [0.2, 0.25) is 5.02 Å². The molecule has 0 saturated carbocycles. The monoisotopic (exact) mass is 512 g/mol. The quantitative estimate of drug-likeness (QED) is 0.379. The minimum absolute atomic E-state index is 0.239. The highest BCUT2D eigenvalue weighted by Crippen LogP contribution is 2.27. The van der Waals surface area contributed by atoms with Gasteiger partial charge in [0.1, 0.15) is 23.4 Å². The molecular formula is C20H25ClN6O4S2. The number of ether oxygens (including phenoxy) is 2. The molecule has 3 rings (SSSR count). The average molecular weight is 513 g/mol. The minimum Gasteiger partial charge on any atom is -0.481 e. The Kier molecular flexibility index (Phi) is 8.63. The van der Waals surface area contributed by atoms with Gasteiger partial charge in [0, 0.05) is 37.9 Å². The van der Waals surface area contributed by atoms with Gasteiger partial charge in [0.05, 0.1) is 17.4 Å². The van der Waals surface area contributed by atoms with E-state index in [1.54, 1.807) is 41.5 Å². The predicted molar refractivity (Wildman–Crippen MR) is 127 cm³/mol. The van der Waals surface area contributed by atoms with E-state index >= 15 is 0 Å². The maximum absolute atomic E-state index is 13.3. The summed E-state index contributed by atoms with van der Waals surface area (Å²) in [6.45, 7) is 2.09. The highest BCUT2D eigenvalue weighted by molar-refractivity contribution is 7.98. The number of rotatable bonds is 11. The van der Waals surface area contributed by atoms with Gasteiger partial charge in [-0.15, -0.1) is 10.2 Å². The molecule has 3 aromatic heterocycles. The fourth-order valence-corrected chi connectivity index (χ4v) is 5.09. The number of methoxy groups -OCH3 is 2. The van der Waals surface area contributed by atoms with Crippen molar-refractivity contribution >= 4 is 33.2 Å². The molecule has 0 bridgehead atoms. The number of thioether (sulfide) groups is 1. The second kappa shape index (κ2) is 11.2. The molecule has 10 nitrogen and oxygen atoms in total. The number of pyridine rings is 1. The van der Waals surface area contributed by atoms with E-state index in [4.69, 9.17) is 21.1 Å². The molecule has 0 aliphatic heterocycles. The molecule has 0 saturated heterocycles. The highest BCUT2D eigenvalue weighted by Gasteiger charge is 2.34. The third-order valence-corrected chi connectivity index (χ3v) is 7.81. The van der Waals surface area contributed by atoms with E-state index < -0.39 is 21.2 Å². The van der Waals surface area contributed by atoms with Crippen molar-refractivity contribution in [2.24, 2.45) is 0 Å². The second-order valence-corrected chi connectivity index (χ2v) is 10.9. The molecule has 13 heteroatoms. The minimum atomic E-state index is -3.73. The molecule has 0 aliphatic carbocycles. The molecule has 33 heavy (non-hydrogen) atoms. The van der Waals surface area contributed by atoms with Crippen LogP contribution in [0.3, 0.4) is 0 Å². The lowest BCUT2D eigenvalue weighted by atomic mass is 10.2. The fraction of sp³-hybridized carbons (Fsp3) is 0.450. The van der Waals surface area contributed by atoms with Crippen LogP contribution in [0.15, 0.2) is 30.6 Å². The Morgan fingerprint density at radius 2 is 1.91 bits per heavy atom. The number of hydrogen-bond donors (Lipinski definition) is 0. The zero-order chi connectivity index (χ0) is 24.0. The Bertz CT molecular complexity index is 1170. The largest absolute Gasteiger partial charge is 0.481 e. The van der Waals surface area contributed by atoms with Gasteiger partial charge in [-0.25, -0.2) is 23.4 Å². The van der Waals surface area contributed by atoms with E-state index in [0.717, 1.165) is 5.75 Å². The Balaban J connectivity index is 1.93. The summed E-state index contributed by atoms with van der Waals surface area (Å²) in [5.41, 5.74) is 0.545. The van der Waals surface area contributed by atoms with Crippen LogP contribution in [-0.2, 0) is 26.9 Å². The zero-order valence-electron chi connectivity index (χ0n) is 18.7. The van der Waals surface area contributed by atoms with Crippen molar-refractivity contribution in [2.45, 2.75) is 30.6 Å². The fourth-order valence-electron chi connectivity index (χ4n) is 3.18. The van der Waals surface area contributed by atoms with E-state index in [9.17, 15) is 8.42 Å². The normalized spacial score (nSPS) is 13.6. The second-order valence-electron chi connectivity index (χ2n) is 7.08. The van der Waals surface area contributed by atoms with Crippen molar-refractivity contribution in [3.05, 3.63) is 47.3 Å².